The van der Waals surface area contributed by atoms with Crippen molar-refractivity contribution in [3.63, 3.8) is 0 Å². The van der Waals surface area contributed by atoms with E-state index in [0.29, 0.717) is 34.0 Å². The Morgan fingerprint density at radius 1 is 0.867 bits per heavy atom. The molecule has 6 saturated carbocycles. The molecule has 0 aromatic carbocycles. The van der Waals surface area contributed by atoms with Crippen molar-refractivity contribution in [2.75, 3.05) is 6.54 Å². The van der Waals surface area contributed by atoms with Crippen molar-refractivity contribution < 1.29 is 19.4 Å². The Kier molecular flexibility index (Phi) is 8.27. The first kappa shape index (κ1) is 33.5. The first-order valence-corrected chi connectivity index (χ1v) is 18.7. The predicted octanol–water partition coefficient (Wildman–Crippen LogP) is 9.20. The van der Waals surface area contributed by atoms with E-state index >= 15 is 0 Å². The maximum absolute atomic E-state index is 13.0. The molecule has 0 aromatic heterocycles. The van der Waals surface area contributed by atoms with Crippen LogP contribution in [0.25, 0.3) is 0 Å². The van der Waals surface area contributed by atoms with E-state index in [1.165, 1.54) is 82.7 Å². The molecule has 254 valence electrons. The minimum atomic E-state index is -1.11. The van der Waals surface area contributed by atoms with Gasteiger partial charge in [-0.25, -0.2) is 0 Å². The minimum Gasteiger partial charge on any atom is -0.481 e. The average Bonchev–Trinajstić information content (AvgIpc) is 3.68. The van der Waals surface area contributed by atoms with Gasteiger partial charge >= 0.3 is 11.9 Å². The molecule has 5 nitrogen and oxygen atoms in total. The molecule has 5 heteroatoms. The van der Waals surface area contributed by atoms with E-state index in [1.807, 2.05) is 0 Å². The number of hydrogen-bond donors (Lipinski definition) is 2. The fourth-order valence-corrected chi connectivity index (χ4v) is 13.3. The molecule has 6 aliphatic rings. The lowest BCUT2D eigenvalue weighted by molar-refractivity contribution is -0.250. The Hall–Kier alpha value is -1.36. The number of hydrogen-bond acceptors (Lipinski definition) is 4. The van der Waals surface area contributed by atoms with Crippen LogP contribution >= 0.6 is 0 Å². The molecule has 6 fully saturated rings. The van der Waals surface area contributed by atoms with Gasteiger partial charge in [-0.2, -0.15) is 0 Å². The smallest absolute Gasteiger partial charge is 0.309 e. The number of aliphatic carboxylic acids is 1. The second kappa shape index (κ2) is 11.1. The number of carboxylic acids is 1. The van der Waals surface area contributed by atoms with E-state index in [2.05, 4.69) is 53.4 Å². The summed E-state index contributed by atoms with van der Waals surface area (Å²) in [6.45, 7) is 24.1. The van der Waals surface area contributed by atoms with Crippen LogP contribution in [0.5, 0.6) is 0 Å². The summed E-state index contributed by atoms with van der Waals surface area (Å²) in [5.41, 5.74) is 1.55. The molecule has 0 aliphatic heterocycles. The highest BCUT2D eigenvalue weighted by molar-refractivity contribution is 5.81. The quantitative estimate of drug-likeness (QED) is 0.198. The second-order valence-corrected chi connectivity index (χ2v) is 19.2. The van der Waals surface area contributed by atoms with Crippen LogP contribution in [0.1, 0.15) is 145 Å². The molecule has 0 bridgehead atoms. The highest BCUT2D eigenvalue weighted by Crippen LogP contribution is 2.78. The van der Waals surface area contributed by atoms with Crippen molar-refractivity contribution in [2.45, 2.75) is 157 Å². The average molecular weight is 624 g/mol. The van der Waals surface area contributed by atoms with Crippen LogP contribution in [-0.2, 0) is 14.3 Å². The Morgan fingerprint density at radius 3 is 2.22 bits per heavy atom. The van der Waals surface area contributed by atoms with E-state index in [9.17, 15) is 14.7 Å². The molecule has 0 amide bonds. The Bertz CT molecular complexity index is 1200. The van der Waals surface area contributed by atoms with Crippen LogP contribution in [0.3, 0.4) is 0 Å². The topological polar surface area (TPSA) is 75.6 Å². The van der Waals surface area contributed by atoms with Crippen LogP contribution in [0.2, 0.25) is 0 Å². The third-order valence-corrected chi connectivity index (χ3v) is 16.3. The maximum Gasteiger partial charge on any atom is 0.309 e. The molecule has 0 aromatic rings. The van der Waals surface area contributed by atoms with Crippen LogP contribution in [-0.4, -0.2) is 35.7 Å². The van der Waals surface area contributed by atoms with Crippen LogP contribution in [0.4, 0.5) is 0 Å². The molecule has 0 saturated heterocycles. The maximum atomic E-state index is 13.0. The summed E-state index contributed by atoms with van der Waals surface area (Å²) in [6, 6.07) is 0.789. The first-order valence-electron chi connectivity index (χ1n) is 18.7. The Labute approximate surface area is 274 Å². The number of ether oxygens (including phenoxy) is 1. The fraction of sp³-hybridized carbons (Fsp3) is 0.900. The number of carbonyl (C=O) groups excluding carboxylic acids is 1. The van der Waals surface area contributed by atoms with Crippen molar-refractivity contribution in [1.82, 2.24) is 5.32 Å². The molecule has 0 heterocycles. The van der Waals surface area contributed by atoms with Crippen molar-refractivity contribution >= 4 is 11.9 Å². The number of nitrogens with one attached hydrogen (secondary N) is 1. The van der Waals surface area contributed by atoms with Gasteiger partial charge in [0, 0.05) is 11.5 Å². The zero-order valence-corrected chi connectivity index (χ0v) is 30.0. The lowest BCUT2D eigenvalue weighted by Gasteiger charge is -2.73. The summed E-state index contributed by atoms with van der Waals surface area (Å²) >= 11 is 0. The molecule has 45 heavy (non-hydrogen) atoms. The molecule has 10 atom stereocenters. The van der Waals surface area contributed by atoms with E-state index in [0.717, 1.165) is 30.7 Å². The van der Waals surface area contributed by atoms with Crippen molar-refractivity contribution in [3.05, 3.63) is 12.2 Å². The predicted molar refractivity (Wildman–Crippen MR) is 181 cm³/mol. The monoisotopic (exact) mass is 623 g/mol. The summed E-state index contributed by atoms with van der Waals surface area (Å²) in [5.74, 6) is 2.10. The summed E-state index contributed by atoms with van der Waals surface area (Å²) in [7, 11) is 0. The number of carbonyl (C=O) groups is 2. The lowest BCUT2D eigenvalue weighted by atomic mass is 9.32. The summed E-state index contributed by atoms with van der Waals surface area (Å²) in [4.78, 5) is 24.7. The molecule has 6 aliphatic carbocycles. The van der Waals surface area contributed by atoms with Gasteiger partial charge in [0.1, 0.15) is 6.10 Å². The second-order valence-electron chi connectivity index (χ2n) is 19.2. The van der Waals surface area contributed by atoms with E-state index in [-0.39, 0.29) is 29.3 Å². The highest BCUT2D eigenvalue weighted by atomic mass is 16.5. The van der Waals surface area contributed by atoms with Gasteiger partial charge in [0.05, 0.1) is 11.8 Å². The van der Waals surface area contributed by atoms with Gasteiger partial charge in [0.15, 0.2) is 0 Å². The molecule has 0 radical (unpaired) electrons. The molecular formula is C40H65NO4. The molecular weight excluding hydrogens is 558 g/mol. The summed E-state index contributed by atoms with van der Waals surface area (Å²) in [6.07, 6.45) is 16.5. The van der Waals surface area contributed by atoms with Crippen LogP contribution in [0.15, 0.2) is 12.2 Å². The van der Waals surface area contributed by atoms with Crippen LogP contribution < -0.4 is 5.32 Å². The number of esters is 1. The van der Waals surface area contributed by atoms with Crippen molar-refractivity contribution in [3.8, 4) is 0 Å². The Balaban J connectivity index is 1.24. The number of carboxylic acid groups (broad SMARTS) is 1. The normalized spacial score (nSPS) is 45.4. The number of allylic oxidation sites excluding steroid dienone is 1. The largest absolute Gasteiger partial charge is 0.481 e. The third-order valence-electron chi connectivity index (χ3n) is 16.3. The van der Waals surface area contributed by atoms with Crippen molar-refractivity contribution in [2.24, 2.45) is 62.1 Å². The fourth-order valence-electron chi connectivity index (χ4n) is 13.3. The van der Waals surface area contributed by atoms with Gasteiger partial charge in [0.2, 0.25) is 0 Å². The van der Waals surface area contributed by atoms with Gasteiger partial charge in [-0.15, -0.1) is 0 Å². The zero-order chi connectivity index (χ0) is 32.8. The molecule has 0 spiro atoms. The molecule has 2 unspecified atom stereocenters. The summed E-state index contributed by atoms with van der Waals surface area (Å²) < 4.78 is 6.18. The minimum absolute atomic E-state index is 0.0816. The zero-order valence-electron chi connectivity index (χ0n) is 30.0. The highest BCUT2D eigenvalue weighted by Gasteiger charge is 2.71. The van der Waals surface area contributed by atoms with E-state index in [4.69, 9.17) is 4.74 Å². The molecule has 2 N–H and O–H groups in total. The molecule has 6 rings (SSSR count). The van der Waals surface area contributed by atoms with Gasteiger partial charge in [-0.3, -0.25) is 9.59 Å². The van der Waals surface area contributed by atoms with Crippen molar-refractivity contribution in [1.29, 1.82) is 0 Å². The Morgan fingerprint density at radius 2 is 1.58 bits per heavy atom. The van der Waals surface area contributed by atoms with Gasteiger partial charge < -0.3 is 15.2 Å². The standard InChI is InChI=1S/C40H65NO4/c1-25(2)27-14-19-40(22-23-41-26-10-11-26)21-20-38(8)28(33(27)40)12-13-30-37(7)17-16-31(45-32(42)24-35(3,4)34(43)44)36(5,6)29(37)15-18-39(30,38)9/h26-31,33,41H,1,10-24H2,2-9H3,(H,43,44)/t27-,28+,29?,30?,31-,33+,37-,38+,39+,40+/m0/s1. The first-order chi connectivity index (χ1) is 20.9. The summed E-state index contributed by atoms with van der Waals surface area (Å²) in [5, 5.41) is 13.5. The lowest BCUT2D eigenvalue weighted by Crippen LogP contribution is -2.66. The SMILES string of the molecule is C=C(C)[C@@H]1CC[C@]2(CCNC3CC3)CC[C@]3(C)[C@H](CCC4[C@@]5(C)CC[C@H](OC(=O)CC(C)(C)C(=O)O)C(C)(C)C5CC[C@]43C)[C@@H]12. The third kappa shape index (κ3) is 5.18. The van der Waals surface area contributed by atoms with Gasteiger partial charge in [-0.05, 0) is 162 Å². The van der Waals surface area contributed by atoms with E-state index in [1.54, 1.807) is 13.8 Å². The number of rotatable bonds is 9. The van der Waals surface area contributed by atoms with Gasteiger partial charge in [-0.1, -0.05) is 46.8 Å². The van der Waals surface area contributed by atoms with Crippen LogP contribution in [0, 0.1) is 62.1 Å². The number of fused-ring (bicyclic) bond motifs is 7. The van der Waals surface area contributed by atoms with E-state index < -0.39 is 11.4 Å². The van der Waals surface area contributed by atoms with Gasteiger partial charge in [0.25, 0.3) is 0 Å².